The number of hydrogen-bond acceptors (Lipinski definition) is 3. The van der Waals surface area contributed by atoms with Gasteiger partial charge in [-0.2, -0.15) is 5.10 Å². The minimum Gasteiger partial charge on any atom is -0.281 e. The molecule has 0 aliphatic heterocycles. The van der Waals surface area contributed by atoms with E-state index in [4.69, 9.17) is 0 Å². The molecular formula is C11H20BrN3O2S. The van der Waals surface area contributed by atoms with Crippen molar-refractivity contribution in [2.75, 3.05) is 5.33 Å². The van der Waals surface area contributed by atoms with Crippen LogP contribution in [0.1, 0.15) is 31.7 Å². The first-order chi connectivity index (χ1) is 8.29. The van der Waals surface area contributed by atoms with Gasteiger partial charge in [0, 0.05) is 11.4 Å². The van der Waals surface area contributed by atoms with Crippen LogP contribution in [0.5, 0.6) is 0 Å². The van der Waals surface area contributed by atoms with E-state index < -0.39 is 10.0 Å². The normalized spacial score (nSPS) is 14.1. The fraction of sp³-hybridized carbons (Fsp3) is 0.727. The largest absolute Gasteiger partial charge is 0.281 e. The van der Waals surface area contributed by atoms with Gasteiger partial charge in [-0.25, -0.2) is 13.1 Å². The van der Waals surface area contributed by atoms with Crippen molar-refractivity contribution in [3.8, 4) is 0 Å². The van der Waals surface area contributed by atoms with E-state index >= 15 is 0 Å². The van der Waals surface area contributed by atoms with Crippen molar-refractivity contribution in [2.24, 2.45) is 5.92 Å². The van der Waals surface area contributed by atoms with Gasteiger partial charge >= 0.3 is 0 Å². The van der Waals surface area contributed by atoms with Crippen LogP contribution in [0.15, 0.2) is 4.90 Å². The number of H-pyrrole nitrogens is 1. The SMILES string of the molecule is Cc1n[nH]c(C)c1S(=O)(=O)NC(CCBr)C(C)C. The van der Waals surface area contributed by atoms with Gasteiger partial charge in [-0.1, -0.05) is 29.8 Å². The average Bonchev–Trinajstić information content (AvgIpc) is 2.58. The smallest absolute Gasteiger partial charge is 0.244 e. The molecule has 0 aliphatic rings. The molecule has 0 saturated heterocycles. The number of hydrogen-bond donors (Lipinski definition) is 2. The van der Waals surface area contributed by atoms with Crippen molar-refractivity contribution in [3.63, 3.8) is 0 Å². The molecule has 0 aromatic carbocycles. The maximum Gasteiger partial charge on any atom is 0.244 e. The second kappa shape index (κ2) is 6.16. The summed E-state index contributed by atoms with van der Waals surface area (Å²) in [5, 5.41) is 7.39. The molecule has 0 aliphatic carbocycles. The molecule has 0 spiro atoms. The lowest BCUT2D eigenvalue weighted by Crippen LogP contribution is -2.39. The van der Waals surface area contributed by atoms with Crippen LogP contribution >= 0.6 is 15.9 Å². The predicted octanol–water partition coefficient (Wildman–Crippen LogP) is 2.11. The van der Waals surface area contributed by atoms with Gasteiger partial charge in [-0.3, -0.25) is 5.10 Å². The van der Waals surface area contributed by atoms with E-state index in [-0.39, 0.29) is 16.9 Å². The molecule has 0 fully saturated rings. The fourth-order valence-corrected chi connectivity index (χ4v) is 4.12. The number of aryl methyl sites for hydroxylation is 2. The Kier molecular flexibility index (Phi) is 5.36. The molecule has 1 rings (SSSR count). The third-order valence-electron chi connectivity index (χ3n) is 2.86. The zero-order chi connectivity index (χ0) is 13.9. The summed E-state index contributed by atoms with van der Waals surface area (Å²) in [6, 6.07) is -0.0805. The highest BCUT2D eigenvalue weighted by Gasteiger charge is 2.26. The van der Waals surface area contributed by atoms with Crippen LogP contribution in [0.4, 0.5) is 0 Å². The summed E-state index contributed by atoms with van der Waals surface area (Å²) in [5.41, 5.74) is 1.07. The van der Waals surface area contributed by atoms with Crippen molar-refractivity contribution >= 4 is 26.0 Å². The molecule has 1 aromatic rings. The highest BCUT2D eigenvalue weighted by Crippen LogP contribution is 2.19. The molecule has 1 unspecified atom stereocenters. The molecule has 0 saturated carbocycles. The van der Waals surface area contributed by atoms with E-state index in [0.717, 1.165) is 11.8 Å². The number of nitrogens with one attached hydrogen (secondary N) is 2. The van der Waals surface area contributed by atoms with Crippen molar-refractivity contribution in [3.05, 3.63) is 11.4 Å². The summed E-state index contributed by atoms with van der Waals surface area (Å²) in [5.74, 6) is 0.241. The summed E-state index contributed by atoms with van der Waals surface area (Å²) in [6.45, 7) is 7.41. The highest BCUT2D eigenvalue weighted by molar-refractivity contribution is 9.09. The topological polar surface area (TPSA) is 74.8 Å². The van der Waals surface area contributed by atoms with E-state index in [1.54, 1.807) is 13.8 Å². The first-order valence-corrected chi connectivity index (χ1v) is 8.50. The highest BCUT2D eigenvalue weighted by atomic mass is 79.9. The van der Waals surface area contributed by atoms with Crippen molar-refractivity contribution < 1.29 is 8.42 Å². The second-order valence-electron chi connectivity index (χ2n) is 4.71. The van der Waals surface area contributed by atoms with Gasteiger partial charge in [0.25, 0.3) is 0 Å². The molecule has 18 heavy (non-hydrogen) atoms. The van der Waals surface area contributed by atoms with Gasteiger partial charge in [0.2, 0.25) is 10.0 Å². The van der Waals surface area contributed by atoms with Crippen molar-refractivity contribution in [1.29, 1.82) is 0 Å². The monoisotopic (exact) mass is 337 g/mol. The predicted molar refractivity (Wildman–Crippen MR) is 75.4 cm³/mol. The van der Waals surface area contributed by atoms with Gasteiger partial charge in [0.1, 0.15) is 4.90 Å². The Balaban J connectivity index is 3.01. The maximum absolute atomic E-state index is 12.3. The summed E-state index contributed by atoms with van der Waals surface area (Å²) >= 11 is 3.35. The first kappa shape index (κ1) is 15.7. The minimum absolute atomic E-state index is 0.0805. The Bertz CT molecular complexity index is 477. The number of aromatic amines is 1. The van der Waals surface area contributed by atoms with Crippen molar-refractivity contribution in [2.45, 2.75) is 45.1 Å². The number of nitrogens with zero attached hydrogens (tertiary/aromatic N) is 1. The summed E-state index contributed by atoms with van der Waals surface area (Å²) in [7, 11) is -3.51. The van der Waals surface area contributed by atoms with Crippen LogP contribution in [-0.4, -0.2) is 30.0 Å². The summed E-state index contributed by atoms with van der Waals surface area (Å²) < 4.78 is 27.4. The van der Waals surface area contributed by atoms with Crippen LogP contribution < -0.4 is 4.72 Å². The Morgan fingerprint density at radius 2 is 2.00 bits per heavy atom. The lowest BCUT2D eigenvalue weighted by atomic mass is 10.0. The van der Waals surface area contributed by atoms with E-state index in [1.165, 1.54) is 0 Å². The van der Waals surface area contributed by atoms with Gasteiger partial charge in [-0.05, 0) is 26.2 Å². The van der Waals surface area contributed by atoms with Gasteiger partial charge in [0.05, 0.1) is 11.4 Å². The maximum atomic E-state index is 12.3. The number of rotatable bonds is 6. The molecule has 1 heterocycles. The zero-order valence-electron chi connectivity index (χ0n) is 11.1. The summed E-state index contributed by atoms with van der Waals surface area (Å²) in [6.07, 6.45) is 0.757. The molecule has 0 bridgehead atoms. The number of sulfonamides is 1. The molecule has 1 atom stereocenters. The molecular weight excluding hydrogens is 318 g/mol. The lowest BCUT2D eigenvalue weighted by Gasteiger charge is -2.21. The molecule has 5 nitrogen and oxygen atoms in total. The Morgan fingerprint density at radius 1 is 1.39 bits per heavy atom. The van der Waals surface area contributed by atoms with Gasteiger partial charge in [-0.15, -0.1) is 0 Å². The zero-order valence-corrected chi connectivity index (χ0v) is 13.5. The van der Waals surface area contributed by atoms with E-state index in [0.29, 0.717) is 11.4 Å². The van der Waals surface area contributed by atoms with Gasteiger partial charge in [0.15, 0.2) is 0 Å². The average molecular weight is 338 g/mol. The van der Waals surface area contributed by atoms with Gasteiger partial charge < -0.3 is 0 Å². The lowest BCUT2D eigenvalue weighted by molar-refractivity contribution is 0.440. The van der Waals surface area contributed by atoms with Crippen LogP contribution in [0.3, 0.4) is 0 Å². The Hall–Kier alpha value is -0.400. The molecule has 2 N–H and O–H groups in total. The standard InChI is InChI=1S/C11H20BrN3O2S/c1-7(2)10(5-6-12)15-18(16,17)11-8(3)13-14-9(11)4/h7,10,15H,5-6H2,1-4H3,(H,13,14). The first-order valence-electron chi connectivity index (χ1n) is 5.89. The fourth-order valence-electron chi connectivity index (χ4n) is 1.84. The molecule has 0 radical (unpaired) electrons. The van der Waals surface area contributed by atoms with E-state index in [2.05, 4.69) is 30.8 Å². The second-order valence-corrected chi connectivity index (χ2v) is 7.16. The quantitative estimate of drug-likeness (QED) is 0.780. The number of alkyl halides is 1. The van der Waals surface area contributed by atoms with Crippen molar-refractivity contribution in [1.82, 2.24) is 14.9 Å². The Labute approximate surface area is 117 Å². The molecule has 1 aromatic heterocycles. The Morgan fingerprint density at radius 3 is 2.39 bits per heavy atom. The minimum atomic E-state index is -3.51. The molecule has 0 amide bonds. The van der Waals surface area contributed by atoms with E-state index in [9.17, 15) is 8.42 Å². The molecule has 104 valence electrons. The number of aromatic nitrogens is 2. The van der Waals surface area contributed by atoms with E-state index in [1.807, 2.05) is 13.8 Å². The summed E-state index contributed by atoms with van der Waals surface area (Å²) in [4.78, 5) is 0.266. The number of halogens is 1. The third-order valence-corrected chi connectivity index (χ3v) is 5.07. The molecule has 7 heteroatoms. The third kappa shape index (κ3) is 3.55. The van der Waals surface area contributed by atoms with Crippen LogP contribution in [0, 0.1) is 19.8 Å². The van der Waals surface area contributed by atoms with Crippen LogP contribution in [0.2, 0.25) is 0 Å². The van der Waals surface area contributed by atoms with Crippen LogP contribution in [0.25, 0.3) is 0 Å². The van der Waals surface area contributed by atoms with Crippen LogP contribution in [-0.2, 0) is 10.0 Å².